The maximum absolute atomic E-state index is 14.2. The molecule has 0 radical (unpaired) electrons. The van der Waals surface area contributed by atoms with E-state index in [1.165, 1.54) is 13.2 Å². The number of nitrogens with zero attached hydrogens (tertiary/aromatic N) is 5. The Balaban J connectivity index is 1.25. The van der Waals surface area contributed by atoms with Crippen molar-refractivity contribution in [2.45, 2.75) is 38.3 Å². The third-order valence-electron chi connectivity index (χ3n) is 7.80. The molecule has 0 saturated carbocycles. The first-order valence-electron chi connectivity index (χ1n) is 13.5. The lowest BCUT2D eigenvalue weighted by Crippen LogP contribution is -2.36. The molecule has 1 atom stereocenters. The number of aryl methyl sites for hydroxylation is 1. The highest BCUT2D eigenvalue weighted by molar-refractivity contribution is 5.96. The lowest BCUT2D eigenvalue weighted by molar-refractivity contribution is 0.0600. The Morgan fingerprint density at radius 3 is 2.61 bits per heavy atom. The fourth-order valence-corrected chi connectivity index (χ4v) is 5.41. The molecule has 3 heterocycles. The number of rotatable bonds is 8. The summed E-state index contributed by atoms with van der Waals surface area (Å²) < 4.78 is 32.5. The Hall–Kier alpha value is -4.49. The minimum Gasteiger partial charge on any atom is -0.494 e. The Bertz CT molecular complexity index is 1620. The predicted octanol–water partition coefficient (Wildman–Crippen LogP) is 5.29. The first kappa shape index (κ1) is 28.1. The summed E-state index contributed by atoms with van der Waals surface area (Å²) in [7, 11) is 4.88. The fraction of sp³-hybridized carbons (Fsp3) is 0.355. The molecular formula is C31H32FN5O4. The number of benzene rings is 2. The molecule has 1 fully saturated rings. The van der Waals surface area contributed by atoms with Crippen molar-refractivity contribution in [1.82, 2.24) is 19.4 Å². The topological polar surface area (TPSA) is 102 Å². The SMILES string of the molecule is COC(=O)c1cc(OC)c2nc([C@H](C)N3CCC(c4cccc(OCc5ccc(C#N)cc5F)n4)CC3)n(C)c2c1. The summed E-state index contributed by atoms with van der Waals surface area (Å²) in [4.78, 5) is 24.2. The number of nitriles is 1. The van der Waals surface area contributed by atoms with E-state index in [1.807, 2.05) is 29.8 Å². The van der Waals surface area contributed by atoms with Gasteiger partial charge in [-0.2, -0.15) is 5.26 Å². The molecule has 10 heteroatoms. The van der Waals surface area contributed by atoms with Gasteiger partial charge in [0.25, 0.3) is 0 Å². The van der Waals surface area contributed by atoms with Gasteiger partial charge in [0.15, 0.2) is 0 Å². The van der Waals surface area contributed by atoms with E-state index in [0.717, 1.165) is 43.0 Å². The molecule has 212 valence electrons. The molecule has 1 aliphatic rings. The number of fused-ring (bicyclic) bond motifs is 1. The number of hydrogen-bond donors (Lipinski definition) is 0. The highest BCUT2D eigenvalue weighted by atomic mass is 19.1. The average molecular weight is 558 g/mol. The van der Waals surface area contributed by atoms with Gasteiger partial charge in [-0.15, -0.1) is 0 Å². The van der Waals surface area contributed by atoms with E-state index in [2.05, 4.69) is 11.8 Å². The molecule has 2 aromatic carbocycles. The average Bonchev–Trinajstić information content (AvgIpc) is 3.35. The molecule has 0 amide bonds. The van der Waals surface area contributed by atoms with Crippen LogP contribution in [-0.2, 0) is 18.4 Å². The summed E-state index contributed by atoms with van der Waals surface area (Å²) in [6, 6.07) is 15.5. The molecule has 0 spiro atoms. The van der Waals surface area contributed by atoms with E-state index < -0.39 is 11.8 Å². The van der Waals surface area contributed by atoms with Crippen LogP contribution in [0.15, 0.2) is 48.5 Å². The van der Waals surface area contributed by atoms with E-state index in [9.17, 15) is 9.18 Å². The summed E-state index contributed by atoms with van der Waals surface area (Å²) in [6.45, 7) is 3.91. The first-order chi connectivity index (χ1) is 19.8. The van der Waals surface area contributed by atoms with Crippen molar-refractivity contribution in [1.29, 1.82) is 5.26 Å². The monoisotopic (exact) mass is 557 g/mol. The molecule has 5 rings (SSSR count). The van der Waals surface area contributed by atoms with Gasteiger partial charge in [-0.25, -0.2) is 19.2 Å². The van der Waals surface area contributed by atoms with Crippen molar-refractivity contribution in [3.8, 4) is 17.7 Å². The highest BCUT2D eigenvalue weighted by Gasteiger charge is 2.28. The van der Waals surface area contributed by atoms with Crippen molar-refractivity contribution in [3.63, 3.8) is 0 Å². The summed E-state index contributed by atoms with van der Waals surface area (Å²) in [5.41, 5.74) is 3.54. The van der Waals surface area contributed by atoms with E-state index in [1.54, 1.807) is 37.4 Å². The number of pyridine rings is 1. The zero-order valence-corrected chi connectivity index (χ0v) is 23.6. The van der Waals surface area contributed by atoms with Gasteiger partial charge in [-0.3, -0.25) is 4.90 Å². The standard InChI is InChI=1S/C31H32FN5O4/c1-19(30-35-29-26(36(30)2)15-23(31(38)40-4)16-27(29)39-3)37-12-10-21(11-13-37)25-6-5-7-28(34-25)41-18-22-9-8-20(17-33)14-24(22)32/h5-9,14-16,19,21H,10-13,18H2,1-4H3/t19-/m0/s1. The normalized spacial score (nSPS) is 14.9. The maximum Gasteiger partial charge on any atom is 0.338 e. The van der Waals surface area contributed by atoms with E-state index in [4.69, 9.17) is 29.4 Å². The van der Waals surface area contributed by atoms with Crippen LogP contribution in [-0.4, -0.2) is 52.7 Å². The Morgan fingerprint density at radius 2 is 1.93 bits per heavy atom. The van der Waals surface area contributed by atoms with Crippen LogP contribution in [0, 0.1) is 17.1 Å². The van der Waals surface area contributed by atoms with Crippen LogP contribution >= 0.6 is 0 Å². The van der Waals surface area contributed by atoms with Gasteiger partial charge in [-0.1, -0.05) is 12.1 Å². The van der Waals surface area contributed by atoms with Crippen molar-refractivity contribution >= 4 is 17.0 Å². The summed E-state index contributed by atoms with van der Waals surface area (Å²) in [5, 5.41) is 8.93. The quantitative estimate of drug-likeness (QED) is 0.269. The third-order valence-corrected chi connectivity index (χ3v) is 7.80. The van der Waals surface area contributed by atoms with Crippen molar-refractivity contribution in [2.75, 3.05) is 27.3 Å². The molecule has 9 nitrogen and oxygen atoms in total. The lowest BCUT2D eigenvalue weighted by atomic mass is 9.92. The largest absolute Gasteiger partial charge is 0.494 e. The second-order valence-electron chi connectivity index (χ2n) is 10.2. The van der Waals surface area contributed by atoms with Crippen LogP contribution < -0.4 is 9.47 Å². The Morgan fingerprint density at radius 1 is 1.15 bits per heavy atom. The van der Waals surface area contributed by atoms with Crippen LogP contribution in [0.1, 0.15) is 64.7 Å². The van der Waals surface area contributed by atoms with Crippen LogP contribution in [0.2, 0.25) is 0 Å². The van der Waals surface area contributed by atoms with Crippen LogP contribution in [0.4, 0.5) is 4.39 Å². The second-order valence-corrected chi connectivity index (χ2v) is 10.2. The summed E-state index contributed by atoms with van der Waals surface area (Å²) in [5.74, 6) is 1.25. The number of esters is 1. The molecule has 41 heavy (non-hydrogen) atoms. The van der Waals surface area contributed by atoms with E-state index in [-0.39, 0.29) is 24.1 Å². The molecule has 2 aromatic heterocycles. The van der Waals surface area contributed by atoms with Crippen LogP contribution in [0.5, 0.6) is 11.6 Å². The zero-order valence-electron chi connectivity index (χ0n) is 23.6. The number of likely N-dealkylation sites (tertiary alicyclic amines) is 1. The molecule has 1 saturated heterocycles. The Labute approximate surface area is 238 Å². The number of hydrogen-bond acceptors (Lipinski definition) is 8. The summed E-state index contributed by atoms with van der Waals surface area (Å²) in [6.07, 6.45) is 1.84. The van der Waals surface area contributed by atoms with Crippen molar-refractivity contribution in [2.24, 2.45) is 7.05 Å². The minimum atomic E-state index is -0.468. The van der Waals surface area contributed by atoms with Crippen molar-refractivity contribution in [3.05, 3.63) is 82.6 Å². The van der Waals surface area contributed by atoms with Gasteiger partial charge in [0.05, 0.1) is 43.0 Å². The second kappa shape index (κ2) is 11.9. The van der Waals surface area contributed by atoms with Crippen LogP contribution in [0.25, 0.3) is 11.0 Å². The molecule has 0 N–H and O–H groups in total. The Kier molecular flexibility index (Phi) is 8.17. The van der Waals surface area contributed by atoms with E-state index in [0.29, 0.717) is 28.3 Å². The number of carbonyl (C=O) groups is 1. The lowest BCUT2D eigenvalue weighted by Gasteiger charge is -2.35. The van der Waals surface area contributed by atoms with Gasteiger partial charge in [0.2, 0.25) is 5.88 Å². The van der Waals surface area contributed by atoms with Gasteiger partial charge in [-0.05, 0) is 63.2 Å². The number of carbonyl (C=O) groups excluding carboxylic acids is 1. The number of ether oxygens (including phenoxy) is 3. The number of halogens is 1. The summed E-state index contributed by atoms with van der Waals surface area (Å²) >= 11 is 0. The van der Waals surface area contributed by atoms with E-state index >= 15 is 0 Å². The molecule has 0 unspecified atom stereocenters. The molecule has 1 aliphatic heterocycles. The number of aromatic nitrogens is 3. The van der Waals surface area contributed by atoms with Gasteiger partial charge in [0, 0.05) is 30.3 Å². The number of imidazole rings is 1. The molecule has 4 aromatic rings. The van der Waals surface area contributed by atoms with Gasteiger partial charge < -0.3 is 18.8 Å². The predicted molar refractivity (Wildman–Crippen MR) is 150 cm³/mol. The highest BCUT2D eigenvalue weighted by Crippen LogP contribution is 2.35. The number of methoxy groups -OCH3 is 2. The molecular weight excluding hydrogens is 525 g/mol. The van der Waals surface area contributed by atoms with Gasteiger partial charge in [0.1, 0.15) is 29.5 Å². The number of piperidine rings is 1. The minimum absolute atomic E-state index is 0.0356. The smallest absolute Gasteiger partial charge is 0.338 e. The fourth-order valence-electron chi connectivity index (χ4n) is 5.41. The third kappa shape index (κ3) is 5.72. The maximum atomic E-state index is 14.2. The van der Waals surface area contributed by atoms with Crippen molar-refractivity contribution < 1.29 is 23.4 Å². The molecule has 0 aliphatic carbocycles. The zero-order chi connectivity index (χ0) is 29.1. The molecule has 0 bridgehead atoms. The van der Waals surface area contributed by atoms with Gasteiger partial charge >= 0.3 is 5.97 Å². The first-order valence-corrected chi connectivity index (χ1v) is 13.5. The van der Waals surface area contributed by atoms with Crippen LogP contribution in [0.3, 0.4) is 0 Å².